The number of aliphatic carboxylic acids is 1. The first-order valence-corrected chi connectivity index (χ1v) is 8.58. The number of piperidine rings is 1. The molecule has 1 fully saturated rings. The van der Waals surface area contributed by atoms with Crippen molar-refractivity contribution in [2.24, 2.45) is 11.7 Å². The van der Waals surface area contributed by atoms with Crippen molar-refractivity contribution in [2.75, 3.05) is 26.2 Å². The van der Waals surface area contributed by atoms with Crippen LogP contribution in [0.2, 0.25) is 6.32 Å². The van der Waals surface area contributed by atoms with Gasteiger partial charge in [-0.1, -0.05) is 19.8 Å². The van der Waals surface area contributed by atoms with E-state index in [4.69, 9.17) is 26.0 Å². The highest BCUT2D eigenvalue weighted by Gasteiger charge is 2.20. The van der Waals surface area contributed by atoms with Crippen LogP contribution in [-0.2, 0) is 4.79 Å². The van der Waals surface area contributed by atoms with Crippen molar-refractivity contribution in [1.29, 1.82) is 0 Å². The smallest absolute Gasteiger partial charge is 0.451 e. The number of nitrogens with zero attached hydrogens (tertiary/aromatic N) is 1. The normalized spacial score (nSPS) is 17.3. The van der Waals surface area contributed by atoms with Crippen LogP contribution in [0.15, 0.2) is 0 Å². The molecule has 1 rings (SSSR count). The predicted molar refractivity (Wildman–Crippen MR) is 91.0 cm³/mol. The van der Waals surface area contributed by atoms with Gasteiger partial charge in [0.25, 0.3) is 0 Å². The van der Waals surface area contributed by atoms with Gasteiger partial charge in [0.1, 0.15) is 6.04 Å². The zero-order valence-corrected chi connectivity index (χ0v) is 14.2. The summed E-state index contributed by atoms with van der Waals surface area (Å²) in [7, 11) is -1.10. The van der Waals surface area contributed by atoms with E-state index in [-0.39, 0.29) is 6.61 Å². The third-order valence-corrected chi connectivity index (χ3v) is 4.13. The lowest BCUT2D eigenvalue weighted by atomic mass is 9.84. The van der Waals surface area contributed by atoms with E-state index in [0.29, 0.717) is 18.7 Å². The van der Waals surface area contributed by atoms with Gasteiger partial charge >= 0.3 is 13.1 Å². The lowest BCUT2D eigenvalue weighted by Gasteiger charge is -2.31. The fourth-order valence-electron chi connectivity index (χ4n) is 2.51. The van der Waals surface area contributed by atoms with Crippen LogP contribution >= 0.6 is 0 Å². The first-order valence-electron chi connectivity index (χ1n) is 8.58. The Labute approximate surface area is 139 Å². The maximum Gasteiger partial charge on any atom is 0.451 e. The first kappa shape index (κ1) is 22.3. The summed E-state index contributed by atoms with van der Waals surface area (Å²) in [6, 6.07) is -0.741. The van der Waals surface area contributed by atoms with Gasteiger partial charge in [0.05, 0.1) is 0 Å². The Morgan fingerprint density at radius 2 is 1.96 bits per heavy atom. The van der Waals surface area contributed by atoms with Gasteiger partial charge in [0, 0.05) is 13.2 Å². The van der Waals surface area contributed by atoms with Crippen LogP contribution in [0.25, 0.3) is 0 Å². The summed E-state index contributed by atoms with van der Waals surface area (Å²) in [6.07, 6.45) is 6.04. The summed E-state index contributed by atoms with van der Waals surface area (Å²) in [6.45, 7) is 5.05. The first-order chi connectivity index (χ1) is 10.9. The second kappa shape index (κ2) is 13.7. The molecule has 1 heterocycles. The standard InChI is InChI=1S/C11H22N2O3.C4H11BO2/c12-10(11(15)16)3-7-13-5-1-9(2-6-13)4-8-14;1-2-3-4-5(6)7/h9-10,14H,1-8,12H2,(H,15,16);6-7H,2-4H2,1H3/t10-;/m1./s1. The number of nitrogens with two attached hydrogens (primary N) is 1. The monoisotopic (exact) mass is 332 g/mol. The summed E-state index contributed by atoms with van der Waals surface area (Å²) in [5.74, 6) is -0.287. The van der Waals surface area contributed by atoms with Crippen LogP contribution in [0.3, 0.4) is 0 Å². The Bertz CT molecular complexity index is 300. The molecule has 7 nitrogen and oxygen atoms in total. The molecule has 136 valence electrons. The Balaban J connectivity index is 0.000000585. The molecule has 0 saturated carbocycles. The van der Waals surface area contributed by atoms with Crippen molar-refractivity contribution in [3.8, 4) is 0 Å². The van der Waals surface area contributed by atoms with E-state index in [1.165, 1.54) is 0 Å². The molecule has 0 radical (unpaired) electrons. The van der Waals surface area contributed by atoms with Crippen molar-refractivity contribution in [1.82, 2.24) is 4.90 Å². The molecule has 0 aliphatic carbocycles. The lowest BCUT2D eigenvalue weighted by Crippen LogP contribution is -2.39. The number of hydrogen-bond donors (Lipinski definition) is 5. The highest BCUT2D eigenvalue weighted by molar-refractivity contribution is 6.40. The largest absolute Gasteiger partial charge is 0.480 e. The van der Waals surface area contributed by atoms with E-state index >= 15 is 0 Å². The van der Waals surface area contributed by atoms with E-state index in [1.807, 2.05) is 6.92 Å². The quantitative estimate of drug-likeness (QED) is 0.380. The second-order valence-electron chi connectivity index (χ2n) is 6.15. The average molecular weight is 332 g/mol. The molecule has 1 atom stereocenters. The number of likely N-dealkylation sites (tertiary alicyclic amines) is 1. The number of carboxylic acids is 1. The van der Waals surface area contributed by atoms with Crippen molar-refractivity contribution < 1.29 is 25.1 Å². The van der Waals surface area contributed by atoms with Gasteiger partial charge in [-0.15, -0.1) is 0 Å². The van der Waals surface area contributed by atoms with Gasteiger partial charge in [-0.2, -0.15) is 0 Å². The number of unbranched alkanes of at least 4 members (excludes halogenated alkanes) is 1. The van der Waals surface area contributed by atoms with E-state index in [1.54, 1.807) is 0 Å². The number of aliphatic hydroxyl groups excluding tert-OH is 1. The van der Waals surface area contributed by atoms with Gasteiger partial charge in [-0.25, -0.2) is 0 Å². The number of aliphatic hydroxyl groups is 1. The Morgan fingerprint density at radius 1 is 1.35 bits per heavy atom. The Morgan fingerprint density at radius 3 is 2.35 bits per heavy atom. The number of rotatable bonds is 9. The van der Waals surface area contributed by atoms with E-state index < -0.39 is 19.1 Å². The summed E-state index contributed by atoms with van der Waals surface area (Å²) < 4.78 is 0. The van der Waals surface area contributed by atoms with E-state index in [0.717, 1.165) is 51.7 Å². The topological polar surface area (TPSA) is 127 Å². The third kappa shape index (κ3) is 12.4. The molecular formula is C15H33BN2O5. The zero-order chi connectivity index (χ0) is 17.7. The molecule has 1 saturated heterocycles. The maximum absolute atomic E-state index is 10.5. The molecule has 0 aromatic heterocycles. The fraction of sp³-hybridized carbons (Fsp3) is 0.933. The minimum atomic E-state index is -1.10. The van der Waals surface area contributed by atoms with Gasteiger partial charge in [0.15, 0.2) is 0 Å². The molecule has 8 heteroatoms. The van der Waals surface area contributed by atoms with Crippen molar-refractivity contribution in [3.63, 3.8) is 0 Å². The summed E-state index contributed by atoms with van der Waals surface area (Å²) in [5.41, 5.74) is 5.45. The molecule has 0 amide bonds. The fourth-order valence-corrected chi connectivity index (χ4v) is 2.51. The number of carbonyl (C=O) groups is 1. The maximum atomic E-state index is 10.5. The van der Waals surface area contributed by atoms with Gasteiger partial charge < -0.3 is 30.9 Å². The van der Waals surface area contributed by atoms with Crippen molar-refractivity contribution >= 4 is 13.1 Å². The molecule has 1 aliphatic heterocycles. The van der Waals surface area contributed by atoms with Gasteiger partial charge in [-0.3, -0.25) is 4.79 Å². The molecule has 0 bridgehead atoms. The van der Waals surface area contributed by atoms with Crippen molar-refractivity contribution in [3.05, 3.63) is 0 Å². The predicted octanol–water partition coefficient (Wildman–Crippen LogP) is 0.142. The number of carboxylic acid groups (broad SMARTS) is 1. The van der Waals surface area contributed by atoms with Crippen LogP contribution < -0.4 is 5.73 Å². The van der Waals surface area contributed by atoms with Crippen LogP contribution in [0.5, 0.6) is 0 Å². The molecule has 0 aromatic rings. The average Bonchev–Trinajstić information content (AvgIpc) is 2.52. The summed E-state index contributed by atoms with van der Waals surface area (Å²) >= 11 is 0. The molecule has 1 aliphatic rings. The SMILES string of the molecule is CCCCB(O)O.N[C@H](CCN1CCC(CCO)CC1)C(=O)O. The molecule has 0 aromatic carbocycles. The summed E-state index contributed by atoms with van der Waals surface area (Å²) in [5, 5.41) is 34.0. The van der Waals surface area contributed by atoms with Crippen LogP contribution in [-0.4, -0.2) is 70.5 Å². The van der Waals surface area contributed by atoms with E-state index in [2.05, 4.69) is 4.90 Å². The summed E-state index contributed by atoms with van der Waals surface area (Å²) in [4.78, 5) is 12.8. The zero-order valence-electron chi connectivity index (χ0n) is 14.2. The molecule has 0 spiro atoms. The molecule has 0 unspecified atom stereocenters. The van der Waals surface area contributed by atoms with Crippen molar-refractivity contribution in [2.45, 2.75) is 57.8 Å². The third-order valence-electron chi connectivity index (χ3n) is 4.13. The highest BCUT2D eigenvalue weighted by Crippen LogP contribution is 2.20. The molecule has 23 heavy (non-hydrogen) atoms. The van der Waals surface area contributed by atoms with Crippen LogP contribution in [0, 0.1) is 5.92 Å². The van der Waals surface area contributed by atoms with Crippen LogP contribution in [0.4, 0.5) is 0 Å². The second-order valence-corrected chi connectivity index (χ2v) is 6.15. The highest BCUT2D eigenvalue weighted by atomic mass is 16.4. The number of hydrogen-bond acceptors (Lipinski definition) is 6. The Hall–Kier alpha value is -0.665. The molecular weight excluding hydrogens is 299 g/mol. The van der Waals surface area contributed by atoms with Crippen LogP contribution in [0.1, 0.15) is 45.4 Å². The lowest BCUT2D eigenvalue weighted by molar-refractivity contribution is -0.138. The Kier molecular flexibility index (Phi) is 13.3. The van der Waals surface area contributed by atoms with E-state index in [9.17, 15) is 4.79 Å². The minimum absolute atomic E-state index is 0.272. The van der Waals surface area contributed by atoms with Gasteiger partial charge in [0.2, 0.25) is 0 Å². The van der Waals surface area contributed by atoms with Gasteiger partial charge in [-0.05, 0) is 51.0 Å². The molecule has 6 N–H and O–H groups in total. The minimum Gasteiger partial charge on any atom is -0.480 e.